The molecule has 0 fully saturated rings. The molecular weight excluding hydrogens is 360 g/mol. The Morgan fingerprint density at radius 3 is 2.57 bits per heavy atom. The second-order valence-electron chi connectivity index (χ2n) is 7.36. The van der Waals surface area contributed by atoms with Gasteiger partial charge in [0, 0.05) is 17.0 Å². The van der Waals surface area contributed by atoms with E-state index >= 15 is 0 Å². The van der Waals surface area contributed by atoms with Crippen LogP contribution in [0.3, 0.4) is 0 Å². The fourth-order valence-electron chi connectivity index (χ4n) is 2.87. The molecule has 0 spiro atoms. The van der Waals surface area contributed by atoms with Crippen LogP contribution < -0.4 is 5.73 Å². The Labute approximate surface area is 161 Å². The molecule has 28 heavy (non-hydrogen) atoms. The number of anilines is 1. The van der Waals surface area contributed by atoms with E-state index in [1.54, 1.807) is 18.2 Å². The third-order valence-corrected chi connectivity index (χ3v) is 4.25. The molecule has 2 N–H and O–H groups in total. The highest BCUT2D eigenvalue weighted by Gasteiger charge is 2.26. The van der Waals surface area contributed by atoms with Gasteiger partial charge in [-0.05, 0) is 23.6 Å². The highest BCUT2D eigenvalue weighted by molar-refractivity contribution is 5.90. The number of nitrogens with zero attached hydrogens (tertiary/aromatic N) is 3. The maximum atomic E-state index is 12.4. The van der Waals surface area contributed by atoms with Crippen LogP contribution in [0.2, 0.25) is 0 Å². The molecular formula is C20H20N4O4. The molecule has 1 heterocycles. The van der Waals surface area contributed by atoms with Crippen LogP contribution in [0.15, 0.2) is 42.5 Å². The van der Waals surface area contributed by atoms with E-state index in [4.69, 9.17) is 10.5 Å². The van der Waals surface area contributed by atoms with Crippen LogP contribution in [0.25, 0.3) is 10.9 Å². The zero-order valence-electron chi connectivity index (χ0n) is 15.8. The van der Waals surface area contributed by atoms with Crippen molar-refractivity contribution in [3.05, 3.63) is 69.5 Å². The number of rotatable bonds is 4. The predicted octanol–water partition coefficient (Wildman–Crippen LogP) is 3.77. The van der Waals surface area contributed by atoms with E-state index in [0.717, 1.165) is 0 Å². The third kappa shape index (κ3) is 3.90. The fraction of sp³-hybridized carbons (Fsp3) is 0.250. The van der Waals surface area contributed by atoms with Crippen LogP contribution >= 0.6 is 0 Å². The molecule has 0 radical (unpaired) electrons. The molecule has 3 rings (SSSR count). The lowest BCUT2D eigenvalue weighted by molar-refractivity contribution is -0.386. The molecule has 0 unspecified atom stereocenters. The van der Waals surface area contributed by atoms with Crippen molar-refractivity contribution in [2.24, 2.45) is 0 Å². The summed E-state index contributed by atoms with van der Waals surface area (Å²) in [4.78, 5) is 31.7. The van der Waals surface area contributed by atoms with E-state index in [2.05, 4.69) is 9.97 Å². The second-order valence-corrected chi connectivity index (χ2v) is 7.36. The van der Waals surface area contributed by atoms with Gasteiger partial charge in [0.2, 0.25) is 0 Å². The van der Waals surface area contributed by atoms with Gasteiger partial charge in [-0.15, -0.1) is 0 Å². The van der Waals surface area contributed by atoms with Crippen molar-refractivity contribution in [3.8, 4) is 0 Å². The number of carbonyl (C=O) groups excluding carboxylic acids is 1. The van der Waals surface area contributed by atoms with Gasteiger partial charge in [-0.25, -0.2) is 14.8 Å². The summed E-state index contributed by atoms with van der Waals surface area (Å²) in [6.45, 7) is 5.42. The number of nitrogens with two attached hydrogens (primary N) is 1. The molecule has 0 bridgehead atoms. The Balaban J connectivity index is 1.82. The highest BCUT2D eigenvalue weighted by Crippen LogP contribution is 2.32. The summed E-state index contributed by atoms with van der Waals surface area (Å²) in [5.74, 6) is -0.147. The van der Waals surface area contributed by atoms with Crippen LogP contribution in [0, 0.1) is 10.1 Å². The van der Waals surface area contributed by atoms with Gasteiger partial charge in [0.05, 0.1) is 16.0 Å². The molecule has 0 amide bonds. The number of esters is 1. The van der Waals surface area contributed by atoms with Gasteiger partial charge in [0.1, 0.15) is 5.82 Å². The first-order chi connectivity index (χ1) is 13.2. The van der Waals surface area contributed by atoms with Gasteiger partial charge in [0.15, 0.2) is 12.4 Å². The maximum absolute atomic E-state index is 12.4. The topological polar surface area (TPSA) is 121 Å². The summed E-state index contributed by atoms with van der Waals surface area (Å²) >= 11 is 0. The zero-order valence-corrected chi connectivity index (χ0v) is 15.8. The lowest BCUT2D eigenvalue weighted by atomic mass is 9.85. The van der Waals surface area contributed by atoms with E-state index in [-0.39, 0.29) is 23.7 Å². The first-order valence-corrected chi connectivity index (χ1v) is 8.64. The Morgan fingerprint density at radius 2 is 1.89 bits per heavy atom. The summed E-state index contributed by atoms with van der Waals surface area (Å²) in [7, 11) is 0. The van der Waals surface area contributed by atoms with E-state index in [9.17, 15) is 14.9 Å². The van der Waals surface area contributed by atoms with Crippen molar-refractivity contribution in [1.82, 2.24) is 9.97 Å². The molecule has 8 heteroatoms. The largest absolute Gasteiger partial charge is 0.454 e. The van der Waals surface area contributed by atoms with Crippen LogP contribution in [-0.4, -0.2) is 20.9 Å². The third-order valence-electron chi connectivity index (χ3n) is 4.25. The van der Waals surface area contributed by atoms with Crippen LogP contribution in [0.5, 0.6) is 0 Å². The number of benzene rings is 2. The maximum Gasteiger partial charge on any atom is 0.338 e. The molecule has 0 aliphatic carbocycles. The van der Waals surface area contributed by atoms with Gasteiger partial charge in [-0.2, -0.15) is 0 Å². The molecule has 0 aliphatic rings. The van der Waals surface area contributed by atoms with Gasteiger partial charge in [-0.1, -0.05) is 39.0 Å². The number of aromatic nitrogens is 2. The lowest BCUT2D eigenvalue weighted by Crippen LogP contribution is -2.15. The Hall–Kier alpha value is -3.55. The quantitative estimate of drug-likeness (QED) is 0.415. The van der Waals surface area contributed by atoms with E-state index < -0.39 is 16.3 Å². The second kappa shape index (κ2) is 7.22. The van der Waals surface area contributed by atoms with E-state index in [0.29, 0.717) is 22.3 Å². The Bertz CT molecular complexity index is 1070. The number of carbonyl (C=O) groups is 1. The first kappa shape index (κ1) is 19.2. The molecule has 1 aromatic heterocycles. The van der Waals surface area contributed by atoms with Crippen LogP contribution in [-0.2, 0) is 16.8 Å². The Kier molecular flexibility index (Phi) is 4.96. The Morgan fingerprint density at radius 1 is 1.18 bits per heavy atom. The number of hydrogen-bond acceptors (Lipinski definition) is 7. The summed E-state index contributed by atoms with van der Waals surface area (Å²) in [6, 6.07) is 11.6. The van der Waals surface area contributed by atoms with Crippen LogP contribution in [0.1, 0.15) is 42.5 Å². The lowest BCUT2D eigenvalue weighted by Gasteiger charge is -2.19. The van der Waals surface area contributed by atoms with E-state index in [1.165, 1.54) is 12.1 Å². The standard InChI is InChI=1S/C20H20N4O4/c1-20(2,3)14-9-8-12(10-16(14)24(26)27)19(25)28-11-17-22-15-7-5-4-6-13(15)18(21)23-17/h4-10H,11H2,1-3H3,(H2,21,22,23). The molecule has 8 nitrogen and oxygen atoms in total. The fourth-order valence-corrected chi connectivity index (χ4v) is 2.87. The van der Waals surface area contributed by atoms with Gasteiger partial charge in [0.25, 0.3) is 5.69 Å². The number of ether oxygens (including phenoxy) is 1. The van der Waals surface area contributed by atoms with E-state index in [1.807, 2.05) is 32.9 Å². The normalized spacial score (nSPS) is 11.4. The van der Waals surface area contributed by atoms with Gasteiger partial charge < -0.3 is 10.5 Å². The first-order valence-electron chi connectivity index (χ1n) is 8.64. The molecule has 3 aromatic rings. The summed E-state index contributed by atoms with van der Waals surface area (Å²) in [5, 5.41) is 12.1. The number of fused-ring (bicyclic) bond motifs is 1. The van der Waals surface area contributed by atoms with Crippen molar-refractivity contribution >= 4 is 28.4 Å². The van der Waals surface area contributed by atoms with Crippen molar-refractivity contribution < 1.29 is 14.5 Å². The minimum absolute atomic E-state index is 0.0912. The molecule has 144 valence electrons. The summed E-state index contributed by atoms with van der Waals surface area (Å²) < 4.78 is 5.24. The van der Waals surface area contributed by atoms with Crippen molar-refractivity contribution in [2.75, 3.05) is 5.73 Å². The molecule has 0 aliphatic heterocycles. The molecule has 0 saturated heterocycles. The predicted molar refractivity (Wildman–Crippen MR) is 105 cm³/mol. The van der Waals surface area contributed by atoms with Crippen molar-refractivity contribution in [1.29, 1.82) is 0 Å². The number of nitrogen functional groups attached to an aromatic ring is 1. The van der Waals surface area contributed by atoms with Gasteiger partial charge in [-0.3, -0.25) is 10.1 Å². The van der Waals surface area contributed by atoms with Gasteiger partial charge >= 0.3 is 5.97 Å². The average molecular weight is 380 g/mol. The zero-order chi connectivity index (χ0) is 20.5. The monoisotopic (exact) mass is 380 g/mol. The smallest absolute Gasteiger partial charge is 0.338 e. The number of nitro groups is 1. The average Bonchev–Trinajstić information content (AvgIpc) is 2.65. The molecule has 0 saturated carbocycles. The minimum atomic E-state index is -0.695. The van der Waals surface area contributed by atoms with Crippen molar-refractivity contribution in [3.63, 3.8) is 0 Å². The highest BCUT2D eigenvalue weighted by atomic mass is 16.6. The molecule has 2 aromatic carbocycles. The SMILES string of the molecule is CC(C)(C)c1ccc(C(=O)OCc2nc(N)c3ccccc3n2)cc1[N+](=O)[O-]. The van der Waals surface area contributed by atoms with Crippen molar-refractivity contribution in [2.45, 2.75) is 32.8 Å². The number of hydrogen-bond donors (Lipinski definition) is 1. The summed E-state index contributed by atoms with van der Waals surface area (Å²) in [5.41, 5.74) is 6.65. The summed E-state index contributed by atoms with van der Waals surface area (Å²) in [6.07, 6.45) is 0. The number of nitro benzene ring substituents is 1. The molecule has 0 atom stereocenters. The minimum Gasteiger partial charge on any atom is -0.454 e. The van der Waals surface area contributed by atoms with Crippen LogP contribution in [0.4, 0.5) is 11.5 Å². The number of para-hydroxylation sites is 1.